The van der Waals surface area contributed by atoms with Crippen molar-refractivity contribution in [2.45, 2.75) is 19.6 Å². The van der Waals surface area contributed by atoms with E-state index in [1.807, 2.05) is 25.1 Å². The van der Waals surface area contributed by atoms with E-state index in [1.165, 1.54) is 12.1 Å². The maximum absolute atomic E-state index is 13.2. The summed E-state index contributed by atoms with van der Waals surface area (Å²) in [5.74, 6) is 0.789. The number of guanidine groups is 1. The van der Waals surface area contributed by atoms with Crippen LogP contribution in [0.1, 0.15) is 18.1 Å². The molecule has 2 aromatic rings. The van der Waals surface area contributed by atoms with E-state index in [-0.39, 0.29) is 35.9 Å². The van der Waals surface area contributed by atoms with Crippen molar-refractivity contribution >= 4 is 29.9 Å². The van der Waals surface area contributed by atoms with Crippen LogP contribution in [0.4, 0.5) is 4.39 Å². The van der Waals surface area contributed by atoms with Crippen molar-refractivity contribution in [2.24, 2.45) is 4.99 Å². The highest BCUT2D eigenvalue weighted by Crippen LogP contribution is 2.13. The van der Waals surface area contributed by atoms with Crippen LogP contribution in [-0.4, -0.2) is 25.7 Å². The second-order valence-corrected chi connectivity index (χ2v) is 5.50. The Hall–Kier alpha value is -2.34. The average Bonchev–Trinajstić information content (AvgIpc) is 2.62. The number of benzene rings is 2. The first-order valence-corrected chi connectivity index (χ1v) is 7.96. The minimum atomic E-state index is -0.324. The number of nitrogens with one attached hydrogen (secondary N) is 2. The van der Waals surface area contributed by atoms with Gasteiger partial charge in [0.15, 0.2) is 5.96 Å². The summed E-state index contributed by atoms with van der Waals surface area (Å²) >= 11 is 0. The van der Waals surface area contributed by atoms with Gasteiger partial charge in [0, 0.05) is 19.7 Å². The van der Waals surface area contributed by atoms with Gasteiger partial charge in [-0.3, -0.25) is 4.99 Å². The van der Waals surface area contributed by atoms with Gasteiger partial charge in [-0.05, 0) is 36.8 Å². The number of rotatable bonds is 6. The second kappa shape index (κ2) is 11.3. The summed E-state index contributed by atoms with van der Waals surface area (Å²) in [6.45, 7) is 2.95. The van der Waals surface area contributed by atoms with Crippen LogP contribution in [0.25, 0.3) is 0 Å². The minimum Gasteiger partial charge on any atom is -0.489 e. The summed E-state index contributed by atoms with van der Waals surface area (Å²) in [6.07, 6.45) is -0.165. The van der Waals surface area contributed by atoms with Crippen LogP contribution in [0.3, 0.4) is 0 Å². The standard InChI is InChI=1S/C19H21FN4O.HI/c1-14(25-18-8-4-7-17(20)10-18)12-23-19(22-2)24-13-16-6-3-5-15(9-16)11-21;/h3-10,14H,12-13H2,1-2H3,(H2,22,23,24);1H. The first kappa shape index (κ1) is 21.7. The van der Waals surface area contributed by atoms with E-state index in [9.17, 15) is 4.39 Å². The lowest BCUT2D eigenvalue weighted by Gasteiger charge is -2.18. The Morgan fingerprint density at radius 2 is 2.00 bits per heavy atom. The maximum atomic E-state index is 13.2. The van der Waals surface area contributed by atoms with Gasteiger partial charge >= 0.3 is 0 Å². The molecule has 2 N–H and O–H groups in total. The summed E-state index contributed by atoms with van der Waals surface area (Å²) < 4.78 is 18.8. The van der Waals surface area contributed by atoms with Crippen molar-refractivity contribution in [3.05, 3.63) is 65.5 Å². The van der Waals surface area contributed by atoms with E-state index >= 15 is 0 Å². The lowest BCUT2D eigenvalue weighted by molar-refractivity contribution is 0.223. The molecule has 0 saturated carbocycles. The predicted molar refractivity (Wildman–Crippen MR) is 111 cm³/mol. The van der Waals surface area contributed by atoms with E-state index in [1.54, 1.807) is 25.2 Å². The molecule has 1 unspecified atom stereocenters. The van der Waals surface area contributed by atoms with Crippen LogP contribution in [-0.2, 0) is 6.54 Å². The molecule has 0 radical (unpaired) electrons. The van der Waals surface area contributed by atoms with Gasteiger partial charge in [-0.1, -0.05) is 18.2 Å². The number of hydrogen-bond donors (Lipinski definition) is 2. The van der Waals surface area contributed by atoms with Gasteiger partial charge in [0.05, 0.1) is 18.2 Å². The summed E-state index contributed by atoms with van der Waals surface area (Å²) in [5.41, 5.74) is 1.62. The molecule has 7 heteroatoms. The smallest absolute Gasteiger partial charge is 0.191 e. The summed E-state index contributed by atoms with van der Waals surface area (Å²) in [6, 6.07) is 15.6. The molecule has 0 heterocycles. The molecule has 0 saturated heterocycles. The lowest BCUT2D eigenvalue weighted by atomic mass is 10.1. The lowest BCUT2D eigenvalue weighted by Crippen LogP contribution is -2.41. The molecule has 138 valence electrons. The van der Waals surface area contributed by atoms with E-state index in [0.29, 0.717) is 30.4 Å². The summed E-state index contributed by atoms with van der Waals surface area (Å²) in [4.78, 5) is 4.15. The second-order valence-electron chi connectivity index (χ2n) is 5.50. The molecule has 26 heavy (non-hydrogen) atoms. The fourth-order valence-electron chi connectivity index (χ4n) is 2.21. The fourth-order valence-corrected chi connectivity index (χ4v) is 2.21. The maximum Gasteiger partial charge on any atom is 0.191 e. The van der Waals surface area contributed by atoms with Crippen LogP contribution in [0.5, 0.6) is 5.75 Å². The summed E-state index contributed by atoms with van der Waals surface area (Å²) in [7, 11) is 1.68. The molecule has 0 aliphatic rings. The van der Waals surface area contributed by atoms with Gasteiger partial charge in [-0.15, -0.1) is 24.0 Å². The van der Waals surface area contributed by atoms with Crippen LogP contribution in [0.15, 0.2) is 53.5 Å². The van der Waals surface area contributed by atoms with Gasteiger partial charge < -0.3 is 15.4 Å². The number of aliphatic imine (C=N–C) groups is 1. The number of nitriles is 1. The molecule has 2 rings (SSSR count). The van der Waals surface area contributed by atoms with Crippen molar-refractivity contribution in [1.82, 2.24) is 10.6 Å². The fraction of sp³-hybridized carbons (Fsp3) is 0.263. The summed E-state index contributed by atoms with van der Waals surface area (Å²) in [5, 5.41) is 15.3. The molecule has 0 amide bonds. The predicted octanol–water partition coefficient (Wildman–Crippen LogP) is 3.45. The number of hydrogen-bond acceptors (Lipinski definition) is 3. The highest BCUT2D eigenvalue weighted by Gasteiger charge is 2.06. The van der Waals surface area contributed by atoms with Gasteiger partial charge in [-0.2, -0.15) is 5.26 Å². The molecule has 0 fully saturated rings. The Bertz CT molecular complexity index is 776. The topological polar surface area (TPSA) is 69.4 Å². The zero-order chi connectivity index (χ0) is 18.1. The highest BCUT2D eigenvalue weighted by molar-refractivity contribution is 14.0. The van der Waals surface area contributed by atoms with Gasteiger partial charge in [0.2, 0.25) is 0 Å². The van der Waals surface area contributed by atoms with Crippen molar-refractivity contribution < 1.29 is 9.13 Å². The van der Waals surface area contributed by atoms with E-state index in [2.05, 4.69) is 21.7 Å². The van der Waals surface area contributed by atoms with Crippen molar-refractivity contribution in [3.63, 3.8) is 0 Å². The van der Waals surface area contributed by atoms with Crippen molar-refractivity contribution in [2.75, 3.05) is 13.6 Å². The van der Waals surface area contributed by atoms with Crippen molar-refractivity contribution in [1.29, 1.82) is 5.26 Å². The third-order valence-electron chi connectivity index (χ3n) is 3.43. The van der Waals surface area contributed by atoms with Crippen LogP contribution in [0.2, 0.25) is 0 Å². The van der Waals surface area contributed by atoms with Crippen LogP contribution >= 0.6 is 24.0 Å². The number of halogens is 2. The molecule has 2 aromatic carbocycles. The Labute approximate surface area is 170 Å². The first-order valence-electron chi connectivity index (χ1n) is 7.96. The molecule has 5 nitrogen and oxygen atoms in total. The van der Waals surface area contributed by atoms with Crippen molar-refractivity contribution in [3.8, 4) is 11.8 Å². The third-order valence-corrected chi connectivity index (χ3v) is 3.43. The van der Waals surface area contributed by atoms with E-state index in [0.717, 1.165) is 5.56 Å². The quantitative estimate of drug-likeness (QED) is 0.387. The average molecular weight is 468 g/mol. The van der Waals surface area contributed by atoms with Gasteiger partial charge in [-0.25, -0.2) is 4.39 Å². The minimum absolute atomic E-state index is 0. The van der Waals surface area contributed by atoms with E-state index < -0.39 is 0 Å². The SMILES string of the molecule is CN=C(NCc1cccc(C#N)c1)NCC(C)Oc1cccc(F)c1.I. The molecular formula is C19H22FIN4O. The first-order chi connectivity index (χ1) is 12.1. The molecular weight excluding hydrogens is 446 g/mol. The molecule has 0 aliphatic heterocycles. The Morgan fingerprint density at radius 1 is 1.23 bits per heavy atom. The Kier molecular flexibility index (Phi) is 9.44. The zero-order valence-corrected chi connectivity index (χ0v) is 17.0. The van der Waals surface area contributed by atoms with Crippen LogP contribution < -0.4 is 15.4 Å². The van der Waals surface area contributed by atoms with Gasteiger partial charge in [0.25, 0.3) is 0 Å². The molecule has 0 aliphatic carbocycles. The zero-order valence-electron chi connectivity index (χ0n) is 14.7. The van der Waals surface area contributed by atoms with Crippen LogP contribution in [0, 0.1) is 17.1 Å². The normalized spacial score (nSPS) is 11.7. The largest absolute Gasteiger partial charge is 0.489 e. The van der Waals surface area contributed by atoms with E-state index in [4.69, 9.17) is 10.00 Å². The molecule has 0 spiro atoms. The Balaban J connectivity index is 0.00000338. The highest BCUT2D eigenvalue weighted by atomic mass is 127. The monoisotopic (exact) mass is 468 g/mol. The Morgan fingerprint density at radius 3 is 2.69 bits per heavy atom. The van der Waals surface area contributed by atoms with Gasteiger partial charge in [0.1, 0.15) is 17.7 Å². The third kappa shape index (κ3) is 7.27. The molecule has 0 bridgehead atoms. The molecule has 1 atom stereocenters. The number of ether oxygens (including phenoxy) is 1. The number of nitrogens with zero attached hydrogens (tertiary/aromatic N) is 2. The molecule has 0 aromatic heterocycles.